The molecule has 1 aromatic heterocycles. The van der Waals surface area contributed by atoms with Crippen LogP contribution in [0.4, 0.5) is 0 Å². The second-order valence-electron chi connectivity index (χ2n) is 8.27. The number of aromatic nitrogens is 2. The van der Waals surface area contributed by atoms with Crippen LogP contribution >= 0.6 is 23.2 Å². The highest BCUT2D eigenvalue weighted by atomic mass is 35.5. The van der Waals surface area contributed by atoms with E-state index in [1.54, 1.807) is 17.0 Å². The molecule has 32 heavy (non-hydrogen) atoms. The molecule has 2 aromatic carbocycles. The molecule has 0 unspecified atom stereocenters. The van der Waals surface area contributed by atoms with Crippen LogP contribution in [0.25, 0.3) is 11.0 Å². The zero-order chi connectivity index (χ0) is 23.0. The minimum atomic E-state index is -0.108. The monoisotopic (exact) mass is 469 g/mol. The molecule has 1 aliphatic rings. The van der Waals surface area contributed by atoms with Gasteiger partial charge in [-0.3, -0.25) is 4.79 Å². The maximum atomic E-state index is 13.1. The third-order valence-corrected chi connectivity index (χ3v) is 6.58. The summed E-state index contributed by atoms with van der Waals surface area (Å²) >= 11 is 13.3. The summed E-state index contributed by atoms with van der Waals surface area (Å²) in [5.74, 6) is 3.44. The highest BCUT2D eigenvalue weighted by Gasteiger charge is 2.24. The number of hydrogen-bond acceptors (Lipinski definition) is 3. The first-order chi connectivity index (χ1) is 15.3. The molecule has 0 N–H and O–H groups in total. The van der Waals surface area contributed by atoms with E-state index in [0.717, 1.165) is 28.0 Å². The van der Waals surface area contributed by atoms with Crippen LogP contribution in [-0.2, 0) is 11.2 Å². The van der Waals surface area contributed by atoms with Gasteiger partial charge in [-0.1, -0.05) is 29.1 Å². The van der Waals surface area contributed by atoms with Crippen molar-refractivity contribution in [1.82, 2.24) is 14.5 Å². The molecule has 5 nitrogen and oxygen atoms in total. The maximum Gasteiger partial charge on any atom is 0.255 e. The lowest BCUT2D eigenvalue weighted by Crippen LogP contribution is -2.40. The normalized spacial score (nSPS) is 14.2. The van der Waals surface area contributed by atoms with E-state index in [4.69, 9.17) is 39.3 Å². The van der Waals surface area contributed by atoms with E-state index in [-0.39, 0.29) is 11.9 Å². The largest absolute Gasteiger partial charge is 0.378 e. The van der Waals surface area contributed by atoms with Crippen molar-refractivity contribution in [2.24, 2.45) is 0 Å². The van der Waals surface area contributed by atoms with Crippen molar-refractivity contribution in [3.8, 4) is 12.3 Å². The number of carbonyl (C=O) groups is 1. The molecule has 4 rings (SSSR count). The fraction of sp³-hybridized carbons (Fsp3) is 0.360. The van der Waals surface area contributed by atoms with Crippen molar-refractivity contribution in [3.63, 3.8) is 0 Å². The summed E-state index contributed by atoms with van der Waals surface area (Å²) in [6, 6.07) is 7.53. The van der Waals surface area contributed by atoms with Crippen LogP contribution in [0.15, 0.2) is 24.3 Å². The van der Waals surface area contributed by atoms with E-state index in [0.29, 0.717) is 53.9 Å². The molecule has 0 saturated carbocycles. The summed E-state index contributed by atoms with van der Waals surface area (Å²) in [6.07, 6.45) is 6.06. The Balaban J connectivity index is 1.79. The van der Waals surface area contributed by atoms with Crippen molar-refractivity contribution < 1.29 is 9.53 Å². The third-order valence-electron chi connectivity index (χ3n) is 5.79. The predicted octanol–water partition coefficient (Wildman–Crippen LogP) is 5.28. The molecule has 7 heteroatoms. The van der Waals surface area contributed by atoms with Crippen LogP contribution in [0.3, 0.4) is 0 Å². The van der Waals surface area contributed by atoms with Gasteiger partial charge in [0.15, 0.2) is 0 Å². The molecular formula is C25H25Cl2N3O2. The second kappa shape index (κ2) is 9.15. The molecule has 0 spiro atoms. The van der Waals surface area contributed by atoms with Crippen molar-refractivity contribution in [1.29, 1.82) is 0 Å². The number of ether oxygens (including phenoxy) is 1. The fourth-order valence-corrected chi connectivity index (χ4v) is 4.80. The Hall–Kier alpha value is -2.52. The minimum absolute atomic E-state index is 0.108. The Morgan fingerprint density at radius 1 is 1.25 bits per heavy atom. The van der Waals surface area contributed by atoms with Gasteiger partial charge in [0.05, 0.1) is 34.8 Å². The standard InChI is InChI=1S/C25H25Cl2N3O2/c1-5-17-12-16(4)24-21(13-17)30(15(2)3)22(28-24)14-19-20(26)7-6-18(23(19)27)25(31)29-8-10-32-11-9-29/h1,6-7,12-13,15H,8-11,14H2,2-4H3. The van der Waals surface area contributed by atoms with Gasteiger partial charge in [0.1, 0.15) is 5.82 Å². The van der Waals surface area contributed by atoms with Crippen LogP contribution < -0.4 is 0 Å². The van der Waals surface area contributed by atoms with Crippen LogP contribution in [-0.4, -0.2) is 46.7 Å². The van der Waals surface area contributed by atoms with Crippen LogP contribution in [0.5, 0.6) is 0 Å². The predicted molar refractivity (Wildman–Crippen MR) is 129 cm³/mol. The van der Waals surface area contributed by atoms with E-state index in [2.05, 4.69) is 24.3 Å². The van der Waals surface area contributed by atoms with Crippen LogP contribution in [0.1, 0.15) is 52.8 Å². The molecule has 1 fully saturated rings. The molecule has 0 radical (unpaired) electrons. The number of hydrogen-bond donors (Lipinski definition) is 0. The molecule has 0 atom stereocenters. The number of aryl methyl sites for hydroxylation is 1. The summed E-state index contributed by atoms with van der Waals surface area (Å²) in [5.41, 5.74) is 4.86. The van der Waals surface area contributed by atoms with Crippen LogP contribution in [0, 0.1) is 19.3 Å². The smallest absolute Gasteiger partial charge is 0.255 e. The molecule has 3 aromatic rings. The van der Waals surface area contributed by atoms with Gasteiger partial charge in [0.2, 0.25) is 0 Å². The molecular weight excluding hydrogens is 445 g/mol. The zero-order valence-electron chi connectivity index (χ0n) is 18.4. The molecule has 1 saturated heterocycles. The van der Waals surface area contributed by atoms with E-state index in [1.807, 2.05) is 19.1 Å². The number of imidazole rings is 1. The number of morpholine rings is 1. The van der Waals surface area contributed by atoms with Gasteiger partial charge in [-0.15, -0.1) is 6.42 Å². The summed E-state index contributed by atoms with van der Waals surface area (Å²) in [7, 11) is 0. The lowest BCUT2D eigenvalue weighted by Gasteiger charge is -2.27. The number of carbonyl (C=O) groups excluding carboxylic acids is 1. The highest BCUT2D eigenvalue weighted by Crippen LogP contribution is 2.33. The number of terminal acetylenes is 1. The zero-order valence-corrected chi connectivity index (χ0v) is 19.9. The van der Waals surface area contributed by atoms with Gasteiger partial charge >= 0.3 is 0 Å². The summed E-state index contributed by atoms with van der Waals surface area (Å²) in [6.45, 7) is 8.36. The van der Waals surface area contributed by atoms with Crippen molar-refractivity contribution >= 4 is 40.1 Å². The fourth-order valence-electron chi connectivity index (χ4n) is 4.22. The summed E-state index contributed by atoms with van der Waals surface area (Å²) in [4.78, 5) is 19.7. The SMILES string of the molecule is C#Cc1cc(C)c2nc(Cc3c(Cl)ccc(C(=O)N4CCOCC4)c3Cl)n(C(C)C)c2c1. The highest BCUT2D eigenvalue weighted by molar-refractivity contribution is 6.38. The minimum Gasteiger partial charge on any atom is -0.378 e. The number of nitrogens with zero attached hydrogens (tertiary/aromatic N) is 3. The van der Waals surface area contributed by atoms with E-state index in [9.17, 15) is 4.79 Å². The Labute approximate surface area is 198 Å². The van der Waals surface area contributed by atoms with E-state index < -0.39 is 0 Å². The van der Waals surface area contributed by atoms with Gasteiger partial charge < -0.3 is 14.2 Å². The van der Waals surface area contributed by atoms with Crippen LogP contribution in [0.2, 0.25) is 10.0 Å². The van der Waals surface area contributed by atoms with Crippen molar-refractivity contribution in [2.75, 3.05) is 26.3 Å². The summed E-state index contributed by atoms with van der Waals surface area (Å²) in [5, 5.41) is 0.884. The Bertz CT molecular complexity index is 1230. The van der Waals surface area contributed by atoms with Gasteiger partial charge in [-0.25, -0.2) is 4.98 Å². The molecule has 1 aliphatic heterocycles. The van der Waals surface area contributed by atoms with Gasteiger partial charge in [0, 0.05) is 36.1 Å². The number of halogens is 2. The lowest BCUT2D eigenvalue weighted by atomic mass is 10.1. The Morgan fingerprint density at radius 3 is 2.62 bits per heavy atom. The first-order valence-electron chi connectivity index (χ1n) is 10.6. The maximum absolute atomic E-state index is 13.1. The first-order valence-corrected chi connectivity index (χ1v) is 11.4. The molecule has 2 heterocycles. The first kappa shape index (κ1) is 22.7. The van der Waals surface area contributed by atoms with Gasteiger partial charge in [-0.05, 0) is 56.2 Å². The Kier molecular flexibility index (Phi) is 6.48. The number of amides is 1. The van der Waals surface area contributed by atoms with Gasteiger partial charge in [-0.2, -0.15) is 0 Å². The molecule has 1 amide bonds. The number of fused-ring (bicyclic) bond motifs is 1. The number of rotatable bonds is 4. The Morgan fingerprint density at radius 2 is 1.97 bits per heavy atom. The quantitative estimate of drug-likeness (QED) is 0.488. The van der Waals surface area contributed by atoms with Crippen molar-refractivity contribution in [2.45, 2.75) is 33.2 Å². The summed E-state index contributed by atoms with van der Waals surface area (Å²) < 4.78 is 7.52. The second-order valence-corrected chi connectivity index (χ2v) is 9.05. The number of benzene rings is 2. The van der Waals surface area contributed by atoms with E-state index in [1.165, 1.54) is 0 Å². The molecule has 0 aliphatic carbocycles. The lowest BCUT2D eigenvalue weighted by molar-refractivity contribution is 0.0303. The third kappa shape index (κ3) is 4.11. The average molecular weight is 470 g/mol. The molecule has 166 valence electrons. The topological polar surface area (TPSA) is 47.4 Å². The van der Waals surface area contributed by atoms with Gasteiger partial charge in [0.25, 0.3) is 5.91 Å². The van der Waals surface area contributed by atoms with Crippen molar-refractivity contribution in [3.05, 3.63) is 62.4 Å². The van der Waals surface area contributed by atoms with E-state index >= 15 is 0 Å². The average Bonchev–Trinajstić information content (AvgIpc) is 3.15. The molecule has 0 bridgehead atoms.